The van der Waals surface area contributed by atoms with Gasteiger partial charge in [-0.25, -0.2) is 4.79 Å². The summed E-state index contributed by atoms with van der Waals surface area (Å²) in [6.07, 6.45) is 0.258. The molecule has 6 nitrogen and oxygen atoms in total. The molecule has 0 unspecified atom stereocenters. The molecule has 1 aromatic heterocycles. The third kappa shape index (κ3) is 5.23. The highest BCUT2D eigenvalue weighted by molar-refractivity contribution is 7.14. The monoisotopic (exact) mass is 331 g/mol. The highest BCUT2D eigenvalue weighted by Gasteiger charge is 2.11. The molecule has 2 aromatic rings. The summed E-state index contributed by atoms with van der Waals surface area (Å²) in [4.78, 5) is 36.4. The zero-order chi connectivity index (χ0) is 16.8. The Morgan fingerprint density at radius 1 is 1.04 bits per heavy atom. The molecule has 23 heavy (non-hydrogen) atoms. The number of primary amides is 1. The molecule has 0 aliphatic rings. The number of Topliss-reactive ketones (excluding diaryl/α,β-unsaturated/α-hetero) is 1. The van der Waals surface area contributed by atoms with Gasteiger partial charge >= 0.3 is 6.03 Å². The molecule has 1 heterocycles. The third-order valence-electron chi connectivity index (χ3n) is 3.01. The summed E-state index contributed by atoms with van der Waals surface area (Å²) in [7, 11) is 0. The maximum Gasteiger partial charge on any atom is 0.316 e. The Kier molecular flexibility index (Phi) is 5.48. The van der Waals surface area contributed by atoms with Crippen molar-refractivity contribution in [3.8, 4) is 0 Å². The molecule has 0 saturated carbocycles. The molecular weight excluding hydrogens is 314 g/mol. The van der Waals surface area contributed by atoms with Crippen LogP contribution in [0.15, 0.2) is 36.4 Å². The number of aryl methyl sites for hydroxylation is 1. The van der Waals surface area contributed by atoms with Crippen molar-refractivity contribution in [1.29, 1.82) is 0 Å². The van der Waals surface area contributed by atoms with E-state index in [0.717, 1.165) is 4.88 Å². The molecule has 0 aliphatic carbocycles. The summed E-state index contributed by atoms with van der Waals surface area (Å²) in [5.74, 6) is -0.301. The maximum atomic E-state index is 12.0. The fourth-order valence-corrected chi connectivity index (χ4v) is 2.81. The van der Waals surface area contributed by atoms with Gasteiger partial charge in [-0.2, -0.15) is 0 Å². The number of thiophene rings is 1. The summed E-state index contributed by atoms with van der Waals surface area (Å²) in [6, 6.07) is 9.60. The number of nitrogens with two attached hydrogens (primary N) is 1. The molecule has 0 saturated heterocycles. The fourth-order valence-electron chi connectivity index (χ4n) is 1.98. The van der Waals surface area contributed by atoms with Crippen molar-refractivity contribution in [2.75, 3.05) is 10.6 Å². The minimum Gasteiger partial charge on any atom is -0.351 e. The summed E-state index contributed by atoms with van der Waals surface area (Å²) < 4.78 is 0. The lowest BCUT2D eigenvalue weighted by atomic mass is 10.2. The van der Waals surface area contributed by atoms with Gasteiger partial charge in [-0.15, -0.1) is 11.3 Å². The van der Waals surface area contributed by atoms with Crippen LogP contribution < -0.4 is 16.4 Å². The number of hydrogen-bond acceptors (Lipinski definition) is 4. The number of nitrogens with one attached hydrogen (secondary N) is 2. The second kappa shape index (κ2) is 7.55. The quantitative estimate of drug-likeness (QED) is 0.709. The Bertz CT molecular complexity index is 740. The first-order valence-corrected chi connectivity index (χ1v) is 7.81. The Balaban J connectivity index is 1.87. The zero-order valence-electron chi connectivity index (χ0n) is 12.6. The van der Waals surface area contributed by atoms with Crippen LogP contribution >= 0.6 is 11.3 Å². The van der Waals surface area contributed by atoms with E-state index in [1.54, 1.807) is 30.3 Å². The second-order valence-corrected chi connectivity index (χ2v) is 6.24. The fraction of sp³-hybridized carbons (Fsp3) is 0.188. The van der Waals surface area contributed by atoms with Crippen LogP contribution in [0.2, 0.25) is 0 Å². The van der Waals surface area contributed by atoms with E-state index in [-0.39, 0.29) is 24.5 Å². The van der Waals surface area contributed by atoms with Gasteiger partial charge in [0.25, 0.3) is 0 Å². The smallest absolute Gasteiger partial charge is 0.316 e. The van der Waals surface area contributed by atoms with Crippen LogP contribution in [0.3, 0.4) is 0 Å². The highest BCUT2D eigenvalue weighted by Crippen LogP contribution is 2.18. The summed E-state index contributed by atoms with van der Waals surface area (Å²) in [5.41, 5.74) is 6.05. The standard InChI is InChI=1S/C16H17N3O3S/c1-10-5-7-14(23-10)13(20)6-8-15(21)18-11-3-2-4-12(9-11)19-16(17)22/h2-5,7,9H,6,8H2,1H3,(H,18,21)(H3,17,19,22). The number of carbonyl (C=O) groups excluding carboxylic acids is 3. The van der Waals surface area contributed by atoms with E-state index in [9.17, 15) is 14.4 Å². The molecule has 3 amide bonds. The first-order chi connectivity index (χ1) is 10.9. The molecule has 120 valence electrons. The Morgan fingerprint density at radius 2 is 1.74 bits per heavy atom. The van der Waals surface area contributed by atoms with E-state index < -0.39 is 6.03 Å². The van der Waals surface area contributed by atoms with Crippen molar-refractivity contribution in [3.05, 3.63) is 46.2 Å². The molecule has 0 spiro atoms. The van der Waals surface area contributed by atoms with E-state index in [1.165, 1.54) is 11.3 Å². The Labute approximate surface area is 137 Å². The van der Waals surface area contributed by atoms with Crippen LogP contribution in [0.5, 0.6) is 0 Å². The predicted octanol–water partition coefficient (Wildman–Crippen LogP) is 3.15. The van der Waals surface area contributed by atoms with Gasteiger partial charge in [0.15, 0.2) is 5.78 Å². The summed E-state index contributed by atoms with van der Waals surface area (Å²) >= 11 is 1.43. The van der Waals surface area contributed by atoms with Crippen LogP contribution in [-0.2, 0) is 4.79 Å². The van der Waals surface area contributed by atoms with Crippen molar-refractivity contribution in [2.24, 2.45) is 5.73 Å². The SMILES string of the molecule is Cc1ccc(C(=O)CCC(=O)Nc2cccc(NC(N)=O)c2)s1. The maximum absolute atomic E-state index is 12.0. The first kappa shape index (κ1) is 16.7. The molecule has 0 atom stereocenters. The van der Waals surface area contributed by atoms with E-state index in [2.05, 4.69) is 10.6 Å². The topological polar surface area (TPSA) is 101 Å². The average molecular weight is 331 g/mol. The average Bonchev–Trinajstić information content (AvgIpc) is 2.91. The second-order valence-electron chi connectivity index (χ2n) is 4.95. The number of urea groups is 1. The molecular formula is C16H17N3O3S. The van der Waals surface area contributed by atoms with Crippen LogP contribution in [-0.4, -0.2) is 17.7 Å². The van der Waals surface area contributed by atoms with E-state index in [1.807, 2.05) is 13.0 Å². The van der Waals surface area contributed by atoms with E-state index in [4.69, 9.17) is 5.73 Å². The van der Waals surface area contributed by atoms with Crippen molar-refractivity contribution >= 4 is 40.4 Å². The molecule has 0 bridgehead atoms. The van der Waals surface area contributed by atoms with Gasteiger partial charge in [-0.3, -0.25) is 9.59 Å². The van der Waals surface area contributed by atoms with Gasteiger partial charge in [0.1, 0.15) is 0 Å². The number of amides is 3. The molecule has 0 aliphatic heterocycles. The lowest BCUT2D eigenvalue weighted by Gasteiger charge is -2.07. The molecule has 2 rings (SSSR count). The summed E-state index contributed by atoms with van der Waals surface area (Å²) in [6.45, 7) is 1.93. The van der Waals surface area contributed by atoms with Gasteiger partial charge < -0.3 is 16.4 Å². The molecule has 7 heteroatoms. The largest absolute Gasteiger partial charge is 0.351 e. The van der Waals surface area contributed by atoms with E-state index >= 15 is 0 Å². The normalized spacial score (nSPS) is 10.1. The number of rotatable bonds is 6. The van der Waals surface area contributed by atoms with E-state index in [0.29, 0.717) is 16.3 Å². The first-order valence-electron chi connectivity index (χ1n) is 7.00. The lowest BCUT2D eigenvalue weighted by molar-refractivity contribution is -0.116. The Hall–Kier alpha value is -2.67. The number of hydrogen-bond donors (Lipinski definition) is 3. The summed E-state index contributed by atoms with van der Waals surface area (Å²) in [5, 5.41) is 5.11. The Morgan fingerprint density at radius 3 is 2.35 bits per heavy atom. The number of anilines is 2. The highest BCUT2D eigenvalue weighted by atomic mass is 32.1. The lowest BCUT2D eigenvalue weighted by Crippen LogP contribution is -2.19. The molecule has 4 N–H and O–H groups in total. The van der Waals surface area contributed by atoms with Gasteiger partial charge in [0.2, 0.25) is 5.91 Å². The third-order valence-corrected chi connectivity index (χ3v) is 4.05. The van der Waals surface area contributed by atoms with Gasteiger partial charge in [0.05, 0.1) is 4.88 Å². The predicted molar refractivity (Wildman–Crippen MR) is 90.9 cm³/mol. The zero-order valence-corrected chi connectivity index (χ0v) is 13.4. The number of ketones is 1. The van der Waals surface area contributed by atoms with Crippen LogP contribution in [0.4, 0.5) is 16.2 Å². The van der Waals surface area contributed by atoms with Crippen molar-refractivity contribution in [3.63, 3.8) is 0 Å². The van der Waals surface area contributed by atoms with Crippen molar-refractivity contribution < 1.29 is 14.4 Å². The minimum atomic E-state index is -0.676. The van der Waals surface area contributed by atoms with Gasteiger partial charge in [-0.1, -0.05) is 6.07 Å². The minimum absolute atomic E-state index is 0.0394. The molecule has 0 radical (unpaired) electrons. The van der Waals surface area contributed by atoms with Crippen LogP contribution in [0.25, 0.3) is 0 Å². The number of carbonyl (C=O) groups is 3. The van der Waals surface area contributed by atoms with Crippen molar-refractivity contribution in [1.82, 2.24) is 0 Å². The van der Waals surface area contributed by atoms with Crippen molar-refractivity contribution in [2.45, 2.75) is 19.8 Å². The van der Waals surface area contributed by atoms with Crippen LogP contribution in [0, 0.1) is 6.92 Å². The van der Waals surface area contributed by atoms with Gasteiger partial charge in [-0.05, 0) is 37.3 Å². The molecule has 1 aromatic carbocycles. The van der Waals surface area contributed by atoms with Crippen LogP contribution in [0.1, 0.15) is 27.4 Å². The number of benzene rings is 1. The van der Waals surface area contributed by atoms with Gasteiger partial charge in [0, 0.05) is 29.1 Å². The molecule has 0 fully saturated rings.